The van der Waals surface area contributed by atoms with Crippen LogP contribution in [0.1, 0.15) is 5.76 Å². The maximum atomic E-state index is 12.3. The van der Waals surface area contributed by atoms with Crippen LogP contribution in [0.2, 0.25) is 0 Å². The molecular weight excluding hydrogens is 300 g/mol. The highest BCUT2D eigenvalue weighted by atomic mass is 32.1. The second kappa shape index (κ2) is 5.19. The van der Waals surface area contributed by atoms with Crippen LogP contribution in [0, 0.1) is 0 Å². The number of fused-ring (bicyclic) bond motifs is 1. The van der Waals surface area contributed by atoms with Crippen LogP contribution in [0.4, 0.5) is 0 Å². The Morgan fingerprint density at radius 2 is 2.27 bits per heavy atom. The van der Waals surface area contributed by atoms with Crippen molar-refractivity contribution in [2.45, 2.75) is 6.54 Å². The first-order valence-corrected chi connectivity index (χ1v) is 7.48. The van der Waals surface area contributed by atoms with Gasteiger partial charge in [0.25, 0.3) is 5.56 Å². The fraction of sp³-hybridized carbons (Fsp3) is 0.0667. The molecule has 7 heteroatoms. The zero-order chi connectivity index (χ0) is 14.9. The van der Waals surface area contributed by atoms with E-state index in [2.05, 4.69) is 15.1 Å². The van der Waals surface area contributed by atoms with E-state index >= 15 is 0 Å². The lowest BCUT2D eigenvalue weighted by atomic mass is 10.2. The Morgan fingerprint density at radius 1 is 1.32 bits per heavy atom. The van der Waals surface area contributed by atoms with Crippen LogP contribution >= 0.6 is 11.3 Å². The summed E-state index contributed by atoms with van der Waals surface area (Å²) in [5.41, 5.74) is 2.22. The zero-order valence-electron chi connectivity index (χ0n) is 11.3. The van der Waals surface area contributed by atoms with Gasteiger partial charge in [-0.25, -0.2) is 4.98 Å². The van der Waals surface area contributed by atoms with Crippen molar-refractivity contribution in [2.75, 3.05) is 0 Å². The molecule has 0 radical (unpaired) electrons. The molecule has 4 aromatic heterocycles. The van der Waals surface area contributed by atoms with Crippen LogP contribution in [0.3, 0.4) is 0 Å². The first kappa shape index (κ1) is 12.9. The van der Waals surface area contributed by atoms with Crippen LogP contribution in [0.5, 0.6) is 0 Å². The summed E-state index contributed by atoms with van der Waals surface area (Å²) < 4.78 is 7.48. The fourth-order valence-corrected chi connectivity index (χ4v) is 2.99. The Morgan fingerprint density at radius 3 is 3.14 bits per heavy atom. The molecule has 0 aliphatic rings. The topological polar surface area (TPSA) is 73.8 Å². The monoisotopic (exact) mass is 310 g/mol. The number of thiophene rings is 1. The predicted molar refractivity (Wildman–Crippen MR) is 82.7 cm³/mol. The minimum atomic E-state index is -0.0701. The molecule has 0 aromatic carbocycles. The predicted octanol–water partition coefficient (Wildman–Crippen LogP) is 2.56. The molecule has 4 aromatic rings. The normalized spacial score (nSPS) is 11.1. The lowest BCUT2D eigenvalue weighted by molar-refractivity contribution is 0.376. The molecule has 0 amide bonds. The highest BCUT2D eigenvalue weighted by Crippen LogP contribution is 2.18. The molecule has 0 atom stereocenters. The van der Waals surface area contributed by atoms with Crippen molar-refractivity contribution in [1.29, 1.82) is 0 Å². The third-order valence-electron chi connectivity index (χ3n) is 3.28. The number of aromatic nitrogens is 4. The number of hydrogen-bond donors (Lipinski definition) is 0. The molecule has 0 saturated carbocycles. The van der Waals surface area contributed by atoms with E-state index in [4.69, 9.17) is 4.52 Å². The van der Waals surface area contributed by atoms with Gasteiger partial charge in [0.1, 0.15) is 10.4 Å². The zero-order valence-corrected chi connectivity index (χ0v) is 12.2. The van der Waals surface area contributed by atoms with E-state index in [0.29, 0.717) is 22.7 Å². The smallest absolute Gasteiger partial charge is 0.271 e. The molecule has 0 aliphatic heterocycles. The van der Waals surface area contributed by atoms with Gasteiger partial charge in [-0.3, -0.25) is 14.3 Å². The van der Waals surface area contributed by atoms with Gasteiger partial charge in [0, 0.05) is 24.0 Å². The molecule has 0 spiro atoms. The average molecular weight is 310 g/mol. The second-order valence-corrected chi connectivity index (χ2v) is 5.65. The Bertz CT molecular complexity index is 987. The van der Waals surface area contributed by atoms with Crippen molar-refractivity contribution in [2.24, 2.45) is 0 Å². The van der Waals surface area contributed by atoms with Crippen molar-refractivity contribution < 1.29 is 4.52 Å². The summed E-state index contributed by atoms with van der Waals surface area (Å²) >= 11 is 1.39. The summed E-state index contributed by atoms with van der Waals surface area (Å²) in [5, 5.41) is 5.88. The lowest BCUT2D eigenvalue weighted by Crippen LogP contribution is -2.19. The van der Waals surface area contributed by atoms with Crippen LogP contribution in [-0.4, -0.2) is 19.7 Å². The van der Waals surface area contributed by atoms with Gasteiger partial charge in [-0.2, -0.15) is 0 Å². The van der Waals surface area contributed by atoms with E-state index in [1.165, 1.54) is 22.2 Å². The van der Waals surface area contributed by atoms with Gasteiger partial charge in [-0.1, -0.05) is 5.16 Å². The van der Waals surface area contributed by atoms with Crippen molar-refractivity contribution in [3.05, 3.63) is 64.5 Å². The summed E-state index contributed by atoms with van der Waals surface area (Å²) in [7, 11) is 0. The van der Waals surface area contributed by atoms with Gasteiger partial charge in [-0.05, 0) is 23.6 Å². The van der Waals surface area contributed by atoms with Gasteiger partial charge >= 0.3 is 0 Å². The maximum Gasteiger partial charge on any atom is 0.271 e. The van der Waals surface area contributed by atoms with E-state index in [-0.39, 0.29) is 5.56 Å². The molecule has 22 heavy (non-hydrogen) atoms. The number of pyridine rings is 1. The molecule has 6 nitrogen and oxygen atoms in total. The van der Waals surface area contributed by atoms with E-state index in [9.17, 15) is 4.79 Å². The molecule has 0 fully saturated rings. The van der Waals surface area contributed by atoms with E-state index in [1.54, 1.807) is 12.4 Å². The molecule has 0 saturated heterocycles. The molecule has 4 rings (SSSR count). The van der Waals surface area contributed by atoms with Gasteiger partial charge in [-0.15, -0.1) is 11.3 Å². The summed E-state index contributed by atoms with van der Waals surface area (Å²) in [6.45, 7) is 0.299. The molecule has 108 valence electrons. The number of nitrogens with zero attached hydrogens (tertiary/aromatic N) is 4. The van der Waals surface area contributed by atoms with Crippen LogP contribution < -0.4 is 5.56 Å². The number of rotatable bonds is 3. The lowest BCUT2D eigenvalue weighted by Gasteiger charge is -2.01. The van der Waals surface area contributed by atoms with E-state index < -0.39 is 0 Å². The van der Waals surface area contributed by atoms with E-state index in [1.807, 2.05) is 29.6 Å². The molecule has 0 unspecified atom stereocenters. The fourth-order valence-electron chi connectivity index (χ4n) is 2.20. The van der Waals surface area contributed by atoms with Crippen molar-refractivity contribution >= 4 is 21.6 Å². The quantitative estimate of drug-likeness (QED) is 0.581. The van der Waals surface area contributed by atoms with Crippen molar-refractivity contribution in [1.82, 2.24) is 19.7 Å². The Balaban J connectivity index is 1.67. The Labute approximate surface area is 128 Å². The molecule has 0 bridgehead atoms. The second-order valence-electron chi connectivity index (χ2n) is 4.73. The van der Waals surface area contributed by atoms with Gasteiger partial charge < -0.3 is 4.52 Å². The van der Waals surface area contributed by atoms with Gasteiger partial charge in [0.05, 0.1) is 18.4 Å². The third kappa shape index (κ3) is 2.21. The largest absolute Gasteiger partial charge is 0.359 e. The highest BCUT2D eigenvalue weighted by Gasteiger charge is 2.10. The molecule has 0 aliphatic carbocycles. The summed E-state index contributed by atoms with van der Waals surface area (Å²) in [4.78, 5) is 20.6. The average Bonchev–Trinajstić information content (AvgIpc) is 3.20. The summed E-state index contributed by atoms with van der Waals surface area (Å²) in [6, 6.07) is 7.38. The van der Waals surface area contributed by atoms with Gasteiger partial charge in [0.2, 0.25) is 0 Å². The minimum absolute atomic E-state index is 0.0701. The van der Waals surface area contributed by atoms with E-state index in [0.717, 1.165) is 11.1 Å². The first-order valence-electron chi connectivity index (χ1n) is 6.60. The Hall–Kier alpha value is -2.80. The number of hydrogen-bond acceptors (Lipinski definition) is 6. The van der Waals surface area contributed by atoms with Crippen LogP contribution in [0.15, 0.2) is 57.7 Å². The minimum Gasteiger partial charge on any atom is -0.359 e. The van der Waals surface area contributed by atoms with Gasteiger partial charge in [0.15, 0.2) is 5.76 Å². The SMILES string of the molecule is O=c1c2sccc2ncn1Cc1cc(-c2cccnc2)no1. The third-order valence-corrected chi connectivity index (χ3v) is 4.17. The van der Waals surface area contributed by atoms with Crippen LogP contribution in [0.25, 0.3) is 21.5 Å². The summed E-state index contributed by atoms with van der Waals surface area (Å²) in [6.07, 6.45) is 4.95. The molecule has 0 N–H and O–H groups in total. The maximum absolute atomic E-state index is 12.3. The summed E-state index contributed by atoms with van der Waals surface area (Å²) in [5.74, 6) is 0.596. The highest BCUT2D eigenvalue weighted by molar-refractivity contribution is 7.17. The van der Waals surface area contributed by atoms with Crippen LogP contribution in [-0.2, 0) is 6.54 Å². The van der Waals surface area contributed by atoms with Crippen molar-refractivity contribution in [3.63, 3.8) is 0 Å². The molecular formula is C15H10N4O2S. The standard InChI is InChI=1S/C15H10N4O2S/c20-15-14-12(3-5-22-14)17-9-19(15)8-11-6-13(18-21-11)10-2-1-4-16-7-10/h1-7,9H,8H2. The first-order chi connectivity index (χ1) is 10.8. The van der Waals surface area contributed by atoms with Crippen molar-refractivity contribution in [3.8, 4) is 11.3 Å². The molecule has 4 heterocycles. The Kier molecular flexibility index (Phi) is 3.05.